The number of thiophene rings is 1. The molecule has 0 unspecified atom stereocenters. The molecule has 3 aromatic rings. The van der Waals surface area contributed by atoms with Gasteiger partial charge >= 0.3 is 6.09 Å². The first-order valence-corrected chi connectivity index (χ1v) is 10.7. The quantitative estimate of drug-likeness (QED) is 0.595. The van der Waals surface area contributed by atoms with Crippen LogP contribution in [0.15, 0.2) is 42.0 Å². The number of fused-ring (bicyclic) bond motifs is 1. The van der Waals surface area contributed by atoms with Crippen LogP contribution in [0.5, 0.6) is 11.6 Å². The van der Waals surface area contributed by atoms with Gasteiger partial charge in [-0.1, -0.05) is 6.42 Å². The van der Waals surface area contributed by atoms with Gasteiger partial charge in [0.05, 0.1) is 17.2 Å². The topological polar surface area (TPSA) is 67.8 Å². The predicted octanol–water partition coefficient (Wildman–Crippen LogP) is 4.88. The second kappa shape index (κ2) is 8.75. The molecule has 152 valence electrons. The van der Waals surface area contributed by atoms with E-state index >= 15 is 0 Å². The minimum atomic E-state index is -0.476. The van der Waals surface area contributed by atoms with Crippen molar-refractivity contribution >= 4 is 33.3 Å². The first-order chi connectivity index (χ1) is 14.1. The van der Waals surface area contributed by atoms with Crippen molar-refractivity contribution in [1.82, 2.24) is 15.0 Å². The molecular weight excluding hydrogens is 388 g/mol. The lowest BCUT2D eigenvalue weighted by Crippen LogP contribution is -2.50. The first-order valence-electron chi connectivity index (χ1n) is 9.83. The Morgan fingerprint density at radius 1 is 1.10 bits per heavy atom. The average molecular weight is 413 g/mol. The van der Waals surface area contributed by atoms with E-state index in [2.05, 4.69) is 9.97 Å². The molecule has 1 saturated heterocycles. The maximum atomic E-state index is 13.2. The Kier molecular flexibility index (Phi) is 5.92. The maximum Gasteiger partial charge on any atom is 0.436 e. The molecule has 3 heterocycles. The molecule has 29 heavy (non-hydrogen) atoms. The van der Waals surface area contributed by atoms with Gasteiger partial charge in [0.1, 0.15) is 16.9 Å². The zero-order valence-electron chi connectivity index (χ0n) is 16.6. The molecule has 8 heteroatoms. The second-order valence-corrected chi connectivity index (χ2v) is 8.07. The Labute approximate surface area is 173 Å². The van der Waals surface area contributed by atoms with Crippen molar-refractivity contribution in [3.63, 3.8) is 0 Å². The van der Waals surface area contributed by atoms with Gasteiger partial charge in [0.25, 0.3) is 0 Å². The smallest absolute Gasteiger partial charge is 0.436 e. The third kappa shape index (κ3) is 4.49. The molecule has 0 radical (unpaired) electrons. The third-order valence-electron chi connectivity index (χ3n) is 4.65. The van der Waals surface area contributed by atoms with Crippen molar-refractivity contribution in [2.45, 2.75) is 39.2 Å². The predicted molar refractivity (Wildman–Crippen MR) is 114 cm³/mol. The summed E-state index contributed by atoms with van der Waals surface area (Å²) in [6, 6.07) is 9.38. The SMILES string of the molecule is CC(C)Oc1ccc(N(C(=O)Oc2ncnc3sccc23)N2CCCCC2)cc1. The first kappa shape index (κ1) is 19.6. The number of aromatic nitrogens is 2. The molecule has 0 atom stereocenters. The highest BCUT2D eigenvalue weighted by atomic mass is 32.1. The number of rotatable bonds is 5. The molecule has 0 aliphatic carbocycles. The van der Waals surface area contributed by atoms with E-state index in [1.807, 2.05) is 54.6 Å². The Balaban J connectivity index is 1.61. The van der Waals surface area contributed by atoms with Gasteiger partial charge in [-0.3, -0.25) is 0 Å². The molecule has 0 N–H and O–H groups in total. The summed E-state index contributed by atoms with van der Waals surface area (Å²) in [5.41, 5.74) is 0.739. The standard InChI is InChI=1S/C21H24N4O3S/c1-15(2)27-17-8-6-16(7-9-17)25(24-11-4-3-5-12-24)21(26)28-19-18-10-13-29-20(18)23-14-22-19/h6-10,13-15H,3-5,11-12H2,1-2H3. The normalized spacial score (nSPS) is 14.9. The van der Waals surface area contributed by atoms with Crippen molar-refractivity contribution in [3.05, 3.63) is 42.0 Å². The maximum absolute atomic E-state index is 13.2. The number of carbonyl (C=O) groups excluding carboxylic acids is 1. The fourth-order valence-corrected chi connectivity index (χ4v) is 4.10. The van der Waals surface area contributed by atoms with Crippen molar-refractivity contribution in [2.24, 2.45) is 0 Å². The summed E-state index contributed by atoms with van der Waals surface area (Å²) in [6.07, 6.45) is 4.29. The van der Waals surface area contributed by atoms with Gasteiger partial charge in [-0.2, -0.15) is 0 Å². The zero-order chi connectivity index (χ0) is 20.2. The molecule has 4 rings (SSSR count). The van der Waals surface area contributed by atoms with E-state index in [9.17, 15) is 4.79 Å². The molecule has 1 aliphatic heterocycles. The molecule has 2 aromatic heterocycles. The summed E-state index contributed by atoms with van der Waals surface area (Å²) in [7, 11) is 0. The molecule has 1 aromatic carbocycles. The van der Waals surface area contributed by atoms with Crippen LogP contribution in [0.2, 0.25) is 0 Å². The largest absolute Gasteiger partial charge is 0.491 e. The summed E-state index contributed by atoms with van der Waals surface area (Å²) in [5.74, 6) is 1.05. The van der Waals surface area contributed by atoms with Crippen LogP contribution < -0.4 is 14.5 Å². The number of nitrogens with zero attached hydrogens (tertiary/aromatic N) is 4. The Bertz CT molecular complexity index is 967. The monoisotopic (exact) mass is 412 g/mol. The summed E-state index contributed by atoms with van der Waals surface area (Å²) in [5, 5.41) is 6.30. The molecule has 1 aliphatic rings. The minimum Gasteiger partial charge on any atom is -0.491 e. The van der Waals surface area contributed by atoms with Gasteiger partial charge in [-0.25, -0.2) is 24.8 Å². The van der Waals surface area contributed by atoms with E-state index in [1.54, 1.807) is 5.01 Å². The van der Waals surface area contributed by atoms with Crippen LogP contribution >= 0.6 is 11.3 Å². The molecule has 0 spiro atoms. The number of hydrazine groups is 1. The van der Waals surface area contributed by atoms with Gasteiger partial charge in [0.2, 0.25) is 5.88 Å². The van der Waals surface area contributed by atoms with Gasteiger partial charge in [0, 0.05) is 13.1 Å². The summed E-state index contributed by atoms with van der Waals surface area (Å²) < 4.78 is 11.4. The molecular formula is C21H24N4O3S. The number of carbonyl (C=O) groups is 1. The number of benzene rings is 1. The summed E-state index contributed by atoms with van der Waals surface area (Å²) >= 11 is 1.49. The molecule has 1 amide bonds. The van der Waals surface area contributed by atoms with Crippen molar-refractivity contribution in [1.29, 1.82) is 0 Å². The number of anilines is 1. The van der Waals surface area contributed by atoms with Gasteiger partial charge in [-0.05, 0) is 62.4 Å². The molecule has 0 bridgehead atoms. The van der Waals surface area contributed by atoms with Gasteiger partial charge in [-0.15, -0.1) is 11.3 Å². The number of piperidine rings is 1. The van der Waals surface area contributed by atoms with Crippen LogP contribution in [-0.2, 0) is 0 Å². The number of ether oxygens (including phenoxy) is 2. The van der Waals surface area contributed by atoms with Crippen LogP contribution in [0.1, 0.15) is 33.1 Å². The van der Waals surface area contributed by atoms with Crippen LogP contribution in [0.25, 0.3) is 10.2 Å². The van der Waals surface area contributed by atoms with E-state index in [-0.39, 0.29) is 12.0 Å². The number of hydrogen-bond donors (Lipinski definition) is 0. The van der Waals surface area contributed by atoms with Crippen LogP contribution in [0, 0.1) is 0 Å². The highest BCUT2D eigenvalue weighted by molar-refractivity contribution is 7.16. The Hall–Kier alpha value is -2.71. The molecule has 1 fully saturated rings. The van der Waals surface area contributed by atoms with E-state index in [0.29, 0.717) is 0 Å². The summed E-state index contributed by atoms with van der Waals surface area (Å²) in [6.45, 7) is 5.57. The Morgan fingerprint density at radius 2 is 1.86 bits per heavy atom. The fraction of sp³-hybridized carbons (Fsp3) is 0.381. The van der Waals surface area contributed by atoms with Crippen molar-refractivity contribution in [3.8, 4) is 11.6 Å². The number of amides is 1. The van der Waals surface area contributed by atoms with E-state index in [1.165, 1.54) is 24.1 Å². The van der Waals surface area contributed by atoms with Gasteiger partial charge < -0.3 is 9.47 Å². The highest BCUT2D eigenvalue weighted by Gasteiger charge is 2.27. The second-order valence-electron chi connectivity index (χ2n) is 7.17. The third-order valence-corrected chi connectivity index (χ3v) is 5.47. The van der Waals surface area contributed by atoms with Crippen LogP contribution in [0.3, 0.4) is 0 Å². The average Bonchev–Trinajstić information content (AvgIpc) is 3.20. The minimum absolute atomic E-state index is 0.0924. The lowest BCUT2D eigenvalue weighted by atomic mass is 10.1. The lowest BCUT2D eigenvalue weighted by Gasteiger charge is -2.36. The number of hydrogen-bond acceptors (Lipinski definition) is 7. The van der Waals surface area contributed by atoms with Gasteiger partial charge in [0.15, 0.2) is 0 Å². The van der Waals surface area contributed by atoms with E-state index in [4.69, 9.17) is 9.47 Å². The Morgan fingerprint density at radius 3 is 2.59 bits per heavy atom. The van der Waals surface area contributed by atoms with Crippen molar-refractivity contribution in [2.75, 3.05) is 18.1 Å². The fourth-order valence-electron chi connectivity index (χ4n) is 3.37. The van der Waals surface area contributed by atoms with Crippen LogP contribution in [-0.4, -0.2) is 40.3 Å². The van der Waals surface area contributed by atoms with E-state index in [0.717, 1.165) is 47.6 Å². The van der Waals surface area contributed by atoms with Crippen molar-refractivity contribution < 1.29 is 14.3 Å². The molecule has 7 nitrogen and oxygen atoms in total. The highest BCUT2D eigenvalue weighted by Crippen LogP contribution is 2.28. The molecule has 0 saturated carbocycles. The zero-order valence-corrected chi connectivity index (χ0v) is 17.4. The van der Waals surface area contributed by atoms with E-state index < -0.39 is 6.09 Å². The van der Waals surface area contributed by atoms with Crippen LogP contribution in [0.4, 0.5) is 10.5 Å². The lowest BCUT2D eigenvalue weighted by molar-refractivity contribution is 0.161. The summed E-state index contributed by atoms with van der Waals surface area (Å²) in [4.78, 5) is 22.4.